The van der Waals surface area contributed by atoms with E-state index in [1.165, 1.54) is 12.1 Å². The van der Waals surface area contributed by atoms with Crippen LogP contribution in [0.3, 0.4) is 0 Å². The van der Waals surface area contributed by atoms with Crippen molar-refractivity contribution < 1.29 is 13.2 Å². The van der Waals surface area contributed by atoms with E-state index in [0.29, 0.717) is 17.9 Å². The van der Waals surface area contributed by atoms with Crippen LogP contribution in [0.1, 0.15) is 5.56 Å². The highest BCUT2D eigenvalue weighted by Gasteiger charge is 2.52. The Morgan fingerprint density at radius 2 is 1.65 bits per heavy atom. The molecule has 2 fully saturated rings. The van der Waals surface area contributed by atoms with Gasteiger partial charge in [-0.2, -0.15) is 13.2 Å². The summed E-state index contributed by atoms with van der Waals surface area (Å²) < 4.78 is 37.1. The van der Waals surface area contributed by atoms with Crippen molar-refractivity contribution in [1.82, 2.24) is 5.32 Å². The Hall–Kier alpha value is -1.23. The molecule has 0 bridgehead atoms. The number of anilines is 1. The van der Waals surface area contributed by atoms with Gasteiger partial charge in [-0.3, -0.25) is 0 Å². The first-order valence-corrected chi connectivity index (χ1v) is 5.70. The monoisotopic (exact) mass is 242 g/mol. The maximum Gasteiger partial charge on any atom is 0.416 e. The fourth-order valence-corrected chi connectivity index (χ4v) is 2.58. The molecular weight excluding hydrogens is 229 g/mol. The van der Waals surface area contributed by atoms with E-state index in [4.69, 9.17) is 0 Å². The van der Waals surface area contributed by atoms with Gasteiger partial charge in [0, 0.05) is 24.8 Å². The summed E-state index contributed by atoms with van der Waals surface area (Å²) >= 11 is 0. The maximum atomic E-state index is 12.4. The Morgan fingerprint density at radius 1 is 1.06 bits per heavy atom. The maximum absolute atomic E-state index is 12.4. The van der Waals surface area contributed by atoms with Crippen molar-refractivity contribution in [3.63, 3.8) is 0 Å². The molecule has 1 aliphatic carbocycles. The largest absolute Gasteiger partial charge is 0.416 e. The summed E-state index contributed by atoms with van der Waals surface area (Å²) in [6, 6.07) is 5.69. The summed E-state index contributed by atoms with van der Waals surface area (Å²) in [7, 11) is 0. The number of benzene rings is 1. The first-order valence-electron chi connectivity index (χ1n) is 5.70. The molecule has 2 aliphatic rings. The average Bonchev–Trinajstić information content (AvgIpc) is 2.74. The van der Waals surface area contributed by atoms with Crippen molar-refractivity contribution in [3.05, 3.63) is 29.8 Å². The molecule has 5 heteroatoms. The lowest BCUT2D eigenvalue weighted by Crippen LogP contribution is -2.21. The molecule has 0 radical (unpaired) electrons. The van der Waals surface area contributed by atoms with E-state index in [-0.39, 0.29) is 0 Å². The lowest BCUT2D eigenvalue weighted by Gasteiger charge is -2.11. The summed E-state index contributed by atoms with van der Waals surface area (Å²) in [5.74, 6) is 1.30. The standard InChI is InChI=1S/C12H13F3N2/c13-12(14,15)7-1-3-8(4-2-7)17-11-9-5-16-6-10(9)11/h1-4,9-11,16-17H,5-6H2. The van der Waals surface area contributed by atoms with Gasteiger partial charge in [0.1, 0.15) is 0 Å². The van der Waals surface area contributed by atoms with Gasteiger partial charge < -0.3 is 10.6 Å². The van der Waals surface area contributed by atoms with E-state index in [2.05, 4.69) is 10.6 Å². The minimum atomic E-state index is -4.25. The Bertz CT molecular complexity index is 403. The summed E-state index contributed by atoms with van der Waals surface area (Å²) in [6.45, 7) is 2.03. The van der Waals surface area contributed by atoms with Gasteiger partial charge in [-0.15, -0.1) is 0 Å². The van der Waals surface area contributed by atoms with Crippen LogP contribution in [0.25, 0.3) is 0 Å². The van der Waals surface area contributed by atoms with Crippen molar-refractivity contribution in [2.75, 3.05) is 18.4 Å². The van der Waals surface area contributed by atoms with Gasteiger partial charge in [0.15, 0.2) is 0 Å². The van der Waals surface area contributed by atoms with Crippen LogP contribution in [0.4, 0.5) is 18.9 Å². The fraction of sp³-hybridized carbons (Fsp3) is 0.500. The number of piperidine rings is 1. The van der Waals surface area contributed by atoms with Crippen LogP contribution in [-0.4, -0.2) is 19.1 Å². The van der Waals surface area contributed by atoms with E-state index in [1.54, 1.807) is 0 Å². The third-order valence-corrected chi connectivity index (χ3v) is 3.64. The van der Waals surface area contributed by atoms with Gasteiger partial charge >= 0.3 is 6.18 Å². The van der Waals surface area contributed by atoms with Gasteiger partial charge in [0.2, 0.25) is 0 Å². The highest BCUT2D eigenvalue weighted by molar-refractivity contribution is 5.48. The minimum absolute atomic E-state index is 0.438. The number of alkyl halides is 3. The third kappa shape index (κ3) is 1.99. The van der Waals surface area contributed by atoms with Gasteiger partial charge in [-0.1, -0.05) is 0 Å². The minimum Gasteiger partial charge on any atom is -0.382 e. The molecule has 1 aliphatic heterocycles. The number of hydrogen-bond donors (Lipinski definition) is 2. The first-order chi connectivity index (χ1) is 8.05. The molecule has 2 unspecified atom stereocenters. The normalized spacial score (nSPS) is 31.1. The van der Waals surface area contributed by atoms with Gasteiger partial charge in [-0.25, -0.2) is 0 Å². The van der Waals surface area contributed by atoms with E-state index >= 15 is 0 Å². The molecule has 2 atom stereocenters. The molecule has 1 heterocycles. The van der Waals surface area contributed by atoms with Gasteiger partial charge in [0.25, 0.3) is 0 Å². The van der Waals surface area contributed by atoms with Crippen molar-refractivity contribution in [2.24, 2.45) is 11.8 Å². The van der Waals surface area contributed by atoms with Crippen LogP contribution in [0, 0.1) is 11.8 Å². The van der Waals surface area contributed by atoms with E-state index in [0.717, 1.165) is 30.9 Å². The molecule has 0 spiro atoms. The number of rotatable bonds is 2. The lowest BCUT2D eigenvalue weighted by atomic mass is 10.2. The molecular formula is C12H13F3N2. The molecule has 92 valence electrons. The smallest absolute Gasteiger partial charge is 0.382 e. The second-order valence-electron chi connectivity index (χ2n) is 4.73. The second-order valence-corrected chi connectivity index (χ2v) is 4.73. The van der Waals surface area contributed by atoms with Crippen LogP contribution >= 0.6 is 0 Å². The van der Waals surface area contributed by atoms with Crippen LogP contribution in [-0.2, 0) is 6.18 Å². The summed E-state index contributed by atoms with van der Waals surface area (Å²) in [5.41, 5.74) is 0.179. The van der Waals surface area contributed by atoms with Crippen LogP contribution < -0.4 is 10.6 Å². The highest BCUT2D eigenvalue weighted by Crippen LogP contribution is 2.43. The number of nitrogens with one attached hydrogen (secondary N) is 2. The van der Waals surface area contributed by atoms with E-state index in [1.807, 2.05) is 0 Å². The number of halogens is 3. The molecule has 2 nitrogen and oxygen atoms in total. The van der Waals surface area contributed by atoms with Crippen LogP contribution in [0.5, 0.6) is 0 Å². The van der Waals surface area contributed by atoms with Gasteiger partial charge in [-0.05, 0) is 36.1 Å². The molecule has 0 amide bonds. The average molecular weight is 242 g/mol. The predicted molar refractivity (Wildman–Crippen MR) is 58.7 cm³/mol. The Morgan fingerprint density at radius 3 is 2.18 bits per heavy atom. The van der Waals surface area contributed by atoms with E-state index < -0.39 is 11.7 Å². The van der Waals surface area contributed by atoms with Crippen LogP contribution in [0.2, 0.25) is 0 Å². The van der Waals surface area contributed by atoms with Crippen molar-refractivity contribution in [1.29, 1.82) is 0 Å². The molecule has 3 rings (SSSR count). The zero-order valence-corrected chi connectivity index (χ0v) is 9.09. The Labute approximate surface area is 97.2 Å². The predicted octanol–water partition coefficient (Wildman–Crippen LogP) is 2.34. The third-order valence-electron chi connectivity index (χ3n) is 3.64. The molecule has 1 saturated carbocycles. The second kappa shape index (κ2) is 3.63. The fourth-order valence-electron chi connectivity index (χ4n) is 2.58. The van der Waals surface area contributed by atoms with E-state index in [9.17, 15) is 13.2 Å². The van der Waals surface area contributed by atoms with Crippen LogP contribution in [0.15, 0.2) is 24.3 Å². The topological polar surface area (TPSA) is 24.1 Å². The molecule has 0 aromatic heterocycles. The molecule has 1 aromatic carbocycles. The SMILES string of the molecule is FC(F)(F)c1ccc(NC2C3CNCC32)cc1. The highest BCUT2D eigenvalue weighted by atomic mass is 19.4. The zero-order valence-electron chi connectivity index (χ0n) is 9.09. The van der Waals surface area contributed by atoms with Crippen molar-refractivity contribution >= 4 is 5.69 Å². The summed E-state index contributed by atoms with van der Waals surface area (Å²) in [6.07, 6.45) is -4.25. The number of fused-ring (bicyclic) bond motifs is 1. The van der Waals surface area contributed by atoms with Gasteiger partial charge in [0.05, 0.1) is 5.56 Å². The molecule has 2 N–H and O–H groups in total. The first kappa shape index (κ1) is 10.9. The Balaban J connectivity index is 1.65. The zero-order chi connectivity index (χ0) is 12.0. The quantitative estimate of drug-likeness (QED) is 0.831. The lowest BCUT2D eigenvalue weighted by molar-refractivity contribution is -0.137. The summed E-state index contributed by atoms with van der Waals surface area (Å²) in [4.78, 5) is 0. The molecule has 1 aromatic rings. The number of hydrogen-bond acceptors (Lipinski definition) is 2. The molecule has 1 saturated heterocycles. The van der Waals surface area contributed by atoms with Crippen molar-refractivity contribution in [2.45, 2.75) is 12.2 Å². The van der Waals surface area contributed by atoms with Crippen molar-refractivity contribution in [3.8, 4) is 0 Å². The Kier molecular flexibility index (Phi) is 2.33. The summed E-state index contributed by atoms with van der Waals surface area (Å²) in [5, 5.41) is 6.57. The molecule has 17 heavy (non-hydrogen) atoms.